The molecule has 0 bridgehead atoms. The van der Waals surface area contributed by atoms with Gasteiger partial charge in [0, 0.05) is 12.1 Å². The van der Waals surface area contributed by atoms with Crippen LogP contribution in [-0.2, 0) is 5.41 Å². The quantitative estimate of drug-likeness (QED) is 0.682. The van der Waals surface area contributed by atoms with Crippen molar-refractivity contribution in [3.8, 4) is 0 Å². The van der Waals surface area contributed by atoms with Crippen LogP contribution in [0.5, 0.6) is 0 Å². The van der Waals surface area contributed by atoms with Crippen LogP contribution in [0, 0.1) is 0 Å². The number of hydrogen-bond acceptors (Lipinski definition) is 1. The van der Waals surface area contributed by atoms with Crippen molar-refractivity contribution in [1.29, 1.82) is 0 Å². The van der Waals surface area contributed by atoms with Crippen molar-refractivity contribution in [3.63, 3.8) is 0 Å². The molecule has 1 aromatic carbocycles. The fourth-order valence-electron chi connectivity index (χ4n) is 2.73. The summed E-state index contributed by atoms with van der Waals surface area (Å²) in [7, 11) is 0. The number of nitrogens with one attached hydrogen (secondary N) is 1. The lowest BCUT2D eigenvalue weighted by atomic mass is 9.86. The molecule has 1 aromatic rings. The lowest BCUT2D eigenvalue weighted by Gasteiger charge is -2.24. The number of benzene rings is 1. The highest BCUT2D eigenvalue weighted by Crippen LogP contribution is 2.24. The summed E-state index contributed by atoms with van der Waals surface area (Å²) in [4.78, 5) is 0. The molecule has 0 fully saturated rings. The minimum absolute atomic E-state index is 0.238. The average molecular weight is 275 g/mol. The van der Waals surface area contributed by atoms with Crippen LogP contribution >= 0.6 is 0 Å². The molecule has 0 saturated carbocycles. The Labute approximate surface area is 126 Å². The highest BCUT2D eigenvalue weighted by molar-refractivity contribution is 5.29. The van der Waals surface area contributed by atoms with E-state index in [0.29, 0.717) is 12.1 Å². The fourth-order valence-corrected chi connectivity index (χ4v) is 2.73. The first-order valence-electron chi connectivity index (χ1n) is 8.25. The van der Waals surface area contributed by atoms with Crippen molar-refractivity contribution in [1.82, 2.24) is 5.32 Å². The van der Waals surface area contributed by atoms with Gasteiger partial charge in [-0.1, -0.05) is 71.7 Å². The van der Waals surface area contributed by atoms with Gasteiger partial charge in [-0.05, 0) is 36.3 Å². The van der Waals surface area contributed by atoms with Crippen molar-refractivity contribution in [2.45, 2.75) is 84.7 Å². The molecule has 0 aromatic heterocycles. The first-order valence-corrected chi connectivity index (χ1v) is 8.25. The molecular weight excluding hydrogens is 242 g/mol. The standard InChI is InChI=1S/C19H33N/c1-7-9-18(10-8-2)20-15(3)16-11-13-17(14-12-16)19(4,5)6/h11-15,18,20H,7-10H2,1-6H3. The Morgan fingerprint density at radius 3 is 1.85 bits per heavy atom. The molecule has 0 aliphatic heterocycles. The van der Waals surface area contributed by atoms with Gasteiger partial charge >= 0.3 is 0 Å². The summed E-state index contributed by atoms with van der Waals surface area (Å²) in [6, 6.07) is 10.2. The summed E-state index contributed by atoms with van der Waals surface area (Å²) in [5.41, 5.74) is 3.05. The van der Waals surface area contributed by atoms with Crippen molar-refractivity contribution in [3.05, 3.63) is 35.4 Å². The minimum atomic E-state index is 0.238. The Morgan fingerprint density at radius 1 is 0.950 bits per heavy atom. The lowest BCUT2D eigenvalue weighted by Crippen LogP contribution is -2.31. The first kappa shape index (κ1) is 17.2. The molecule has 20 heavy (non-hydrogen) atoms. The zero-order chi connectivity index (χ0) is 15.2. The molecule has 0 heterocycles. The third-order valence-electron chi connectivity index (χ3n) is 4.04. The third-order valence-corrected chi connectivity index (χ3v) is 4.04. The Bertz CT molecular complexity index is 366. The van der Waals surface area contributed by atoms with E-state index in [1.54, 1.807) is 0 Å². The van der Waals surface area contributed by atoms with E-state index in [1.807, 2.05) is 0 Å². The van der Waals surface area contributed by atoms with Gasteiger partial charge in [0.1, 0.15) is 0 Å². The van der Waals surface area contributed by atoms with Gasteiger partial charge in [-0.25, -0.2) is 0 Å². The van der Waals surface area contributed by atoms with Crippen molar-refractivity contribution in [2.75, 3.05) is 0 Å². The molecule has 1 unspecified atom stereocenters. The van der Waals surface area contributed by atoms with Gasteiger partial charge in [-0.15, -0.1) is 0 Å². The van der Waals surface area contributed by atoms with E-state index in [-0.39, 0.29) is 5.41 Å². The summed E-state index contributed by atoms with van der Waals surface area (Å²) < 4.78 is 0. The monoisotopic (exact) mass is 275 g/mol. The van der Waals surface area contributed by atoms with Gasteiger partial charge in [0.25, 0.3) is 0 Å². The molecule has 0 spiro atoms. The Kier molecular flexibility index (Phi) is 6.75. The van der Waals surface area contributed by atoms with Crippen LogP contribution in [0.2, 0.25) is 0 Å². The van der Waals surface area contributed by atoms with E-state index in [0.717, 1.165) is 0 Å². The predicted molar refractivity (Wildman–Crippen MR) is 90.3 cm³/mol. The summed E-state index contributed by atoms with van der Waals surface area (Å²) in [5, 5.41) is 3.79. The highest BCUT2D eigenvalue weighted by Gasteiger charge is 2.15. The van der Waals surface area contributed by atoms with Crippen molar-refractivity contribution < 1.29 is 0 Å². The minimum Gasteiger partial charge on any atom is -0.307 e. The Morgan fingerprint density at radius 2 is 1.45 bits per heavy atom. The van der Waals surface area contributed by atoms with E-state index in [2.05, 4.69) is 71.1 Å². The van der Waals surface area contributed by atoms with E-state index in [9.17, 15) is 0 Å². The summed E-state index contributed by atoms with van der Waals surface area (Å²) >= 11 is 0. The van der Waals surface area contributed by atoms with Crippen LogP contribution in [-0.4, -0.2) is 6.04 Å². The molecule has 1 nitrogen and oxygen atoms in total. The molecule has 1 heteroatoms. The molecule has 0 radical (unpaired) electrons. The highest BCUT2D eigenvalue weighted by atomic mass is 14.9. The van der Waals surface area contributed by atoms with Crippen molar-refractivity contribution in [2.24, 2.45) is 0 Å². The Hall–Kier alpha value is -0.820. The summed E-state index contributed by atoms with van der Waals surface area (Å²) in [6.07, 6.45) is 5.07. The van der Waals surface area contributed by atoms with E-state index >= 15 is 0 Å². The van der Waals surface area contributed by atoms with Crippen LogP contribution in [0.1, 0.15) is 84.4 Å². The molecular formula is C19H33N. The molecule has 0 amide bonds. The van der Waals surface area contributed by atoms with Gasteiger partial charge in [0.2, 0.25) is 0 Å². The first-order chi connectivity index (χ1) is 9.38. The SMILES string of the molecule is CCCC(CCC)NC(C)c1ccc(C(C)(C)C)cc1. The third kappa shape index (κ3) is 5.28. The largest absolute Gasteiger partial charge is 0.307 e. The smallest absolute Gasteiger partial charge is 0.0294 e. The van der Waals surface area contributed by atoms with Crippen LogP contribution in [0.15, 0.2) is 24.3 Å². The van der Waals surface area contributed by atoms with Gasteiger partial charge in [-0.2, -0.15) is 0 Å². The maximum atomic E-state index is 3.79. The van der Waals surface area contributed by atoms with E-state index in [4.69, 9.17) is 0 Å². The molecule has 1 atom stereocenters. The fraction of sp³-hybridized carbons (Fsp3) is 0.684. The maximum Gasteiger partial charge on any atom is 0.0294 e. The van der Waals surface area contributed by atoms with E-state index < -0.39 is 0 Å². The zero-order valence-electron chi connectivity index (χ0n) is 14.3. The van der Waals surface area contributed by atoms with Crippen LogP contribution in [0.3, 0.4) is 0 Å². The number of hydrogen-bond donors (Lipinski definition) is 1. The average Bonchev–Trinajstić information content (AvgIpc) is 2.38. The molecule has 1 rings (SSSR count). The van der Waals surface area contributed by atoms with E-state index in [1.165, 1.54) is 36.8 Å². The summed E-state index contributed by atoms with van der Waals surface area (Å²) in [5.74, 6) is 0. The topological polar surface area (TPSA) is 12.0 Å². The molecule has 114 valence electrons. The summed E-state index contributed by atoms with van der Waals surface area (Å²) in [6.45, 7) is 13.6. The molecule has 0 saturated heterocycles. The molecule has 1 N–H and O–H groups in total. The van der Waals surface area contributed by atoms with Gasteiger partial charge in [0.15, 0.2) is 0 Å². The van der Waals surface area contributed by atoms with Crippen LogP contribution < -0.4 is 5.32 Å². The lowest BCUT2D eigenvalue weighted by molar-refractivity contribution is 0.402. The van der Waals surface area contributed by atoms with Gasteiger partial charge in [-0.3, -0.25) is 0 Å². The Balaban J connectivity index is 2.69. The normalized spacial score (nSPS) is 13.8. The second-order valence-corrected chi connectivity index (χ2v) is 7.03. The maximum absolute atomic E-state index is 3.79. The van der Waals surface area contributed by atoms with Crippen LogP contribution in [0.25, 0.3) is 0 Å². The van der Waals surface area contributed by atoms with Gasteiger partial charge < -0.3 is 5.32 Å². The predicted octanol–water partition coefficient (Wildman–Crippen LogP) is 5.60. The molecule has 0 aliphatic carbocycles. The zero-order valence-corrected chi connectivity index (χ0v) is 14.3. The second kappa shape index (κ2) is 7.83. The van der Waals surface area contributed by atoms with Crippen molar-refractivity contribution >= 4 is 0 Å². The molecule has 0 aliphatic rings. The van der Waals surface area contributed by atoms with Gasteiger partial charge in [0.05, 0.1) is 0 Å². The number of rotatable bonds is 7. The second-order valence-electron chi connectivity index (χ2n) is 7.03. The van der Waals surface area contributed by atoms with Crippen LogP contribution in [0.4, 0.5) is 0 Å².